The van der Waals surface area contributed by atoms with Crippen LogP contribution in [0.2, 0.25) is 0 Å². The number of aromatic nitrogens is 2. The summed E-state index contributed by atoms with van der Waals surface area (Å²) in [6, 6.07) is 0. The first kappa shape index (κ1) is 15.0. The molecule has 0 amide bonds. The van der Waals surface area contributed by atoms with Crippen molar-refractivity contribution in [2.75, 3.05) is 32.2 Å². The Hall–Kier alpha value is -1.07. The fourth-order valence-corrected chi connectivity index (χ4v) is 1.60. The summed E-state index contributed by atoms with van der Waals surface area (Å²) in [5, 5.41) is 3.32. The zero-order valence-electron chi connectivity index (χ0n) is 11.9. The van der Waals surface area contributed by atoms with E-state index in [0.29, 0.717) is 0 Å². The molecule has 1 N–H and O–H groups in total. The van der Waals surface area contributed by atoms with Crippen LogP contribution in [0.15, 0.2) is 12.4 Å². The van der Waals surface area contributed by atoms with Crippen LogP contribution in [0.4, 0.5) is 5.95 Å². The summed E-state index contributed by atoms with van der Waals surface area (Å²) in [6.45, 7) is 9.33. The summed E-state index contributed by atoms with van der Waals surface area (Å²) >= 11 is 0. The van der Waals surface area contributed by atoms with Gasteiger partial charge in [0.2, 0.25) is 5.95 Å². The van der Waals surface area contributed by atoms with Crippen LogP contribution >= 0.6 is 0 Å². The highest BCUT2D eigenvalue weighted by Gasteiger charge is 2.18. The quantitative estimate of drug-likeness (QED) is 0.687. The molecule has 0 aliphatic heterocycles. The van der Waals surface area contributed by atoms with E-state index in [1.807, 2.05) is 13.1 Å². The zero-order chi connectivity index (χ0) is 13.4. The Morgan fingerprint density at radius 3 is 2.89 bits per heavy atom. The Bertz CT molecular complexity index is 337. The minimum Gasteiger partial charge on any atom is -0.382 e. The number of imidazole rings is 1. The van der Waals surface area contributed by atoms with Gasteiger partial charge in [-0.3, -0.25) is 0 Å². The van der Waals surface area contributed by atoms with Gasteiger partial charge in [-0.1, -0.05) is 0 Å². The van der Waals surface area contributed by atoms with Crippen molar-refractivity contribution in [3.8, 4) is 0 Å². The molecule has 18 heavy (non-hydrogen) atoms. The van der Waals surface area contributed by atoms with Crippen molar-refractivity contribution < 1.29 is 9.47 Å². The van der Waals surface area contributed by atoms with E-state index in [2.05, 4.69) is 28.7 Å². The van der Waals surface area contributed by atoms with Gasteiger partial charge in [0.05, 0.1) is 12.1 Å². The van der Waals surface area contributed by atoms with E-state index in [4.69, 9.17) is 9.47 Å². The molecule has 0 saturated heterocycles. The van der Waals surface area contributed by atoms with Gasteiger partial charge in [0.15, 0.2) is 0 Å². The maximum Gasteiger partial charge on any atom is 0.202 e. The number of anilines is 1. The molecule has 1 aromatic rings. The third-order valence-electron chi connectivity index (χ3n) is 2.77. The fourth-order valence-electron chi connectivity index (χ4n) is 1.60. The lowest BCUT2D eigenvalue weighted by Crippen LogP contribution is -2.29. The first-order valence-corrected chi connectivity index (χ1v) is 6.47. The number of hydrogen-bond donors (Lipinski definition) is 1. The number of methoxy groups -OCH3 is 1. The third-order valence-corrected chi connectivity index (χ3v) is 2.77. The molecule has 0 aliphatic rings. The van der Waals surface area contributed by atoms with E-state index in [-0.39, 0.29) is 5.60 Å². The largest absolute Gasteiger partial charge is 0.382 e. The van der Waals surface area contributed by atoms with Crippen molar-refractivity contribution in [1.29, 1.82) is 0 Å². The Balaban J connectivity index is 2.40. The van der Waals surface area contributed by atoms with Crippen LogP contribution in [-0.4, -0.2) is 42.0 Å². The van der Waals surface area contributed by atoms with Crippen LogP contribution in [0.3, 0.4) is 0 Å². The maximum atomic E-state index is 5.43. The Morgan fingerprint density at radius 1 is 1.44 bits per heavy atom. The molecule has 1 rings (SSSR count). The summed E-state index contributed by atoms with van der Waals surface area (Å²) in [5.74, 6) is 0.886. The minimum absolute atomic E-state index is 0.192. The highest BCUT2D eigenvalue weighted by molar-refractivity contribution is 5.25. The zero-order valence-corrected chi connectivity index (χ0v) is 11.9. The molecular weight excluding hydrogens is 230 g/mol. The molecule has 5 nitrogen and oxygen atoms in total. The molecule has 0 radical (unpaired) electrons. The number of hydrogen-bond acceptors (Lipinski definition) is 4. The standard InChI is InChI=1S/C13H25N3O2/c1-5-18-10-6-7-14-12-15-8-9-16(12)11-13(2,3)17-4/h8-9H,5-7,10-11H2,1-4H3,(H,14,15). The van der Waals surface area contributed by atoms with Crippen molar-refractivity contribution in [3.05, 3.63) is 12.4 Å². The lowest BCUT2D eigenvalue weighted by Gasteiger charge is -2.24. The predicted octanol–water partition coefficient (Wildman–Crippen LogP) is 2.15. The molecule has 0 atom stereocenters. The second-order valence-corrected chi connectivity index (χ2v) is 4.82. The van der Waals surface area contributed by atoms with Crippen molar-refractivity contribution in [2.45, 2.75) is 39.3 Å². The average molecular weight is 255 g/mol. The Kier molecular flexibility index (Phi) is 6.15. The molecule has 1 heterocycles. The van der Waals surface area contributed by atoms with Gasteiger partial charge in [-0.25, -0.2) is 4.98 Å². The number of ether oxygens (including phenoxy) is 2. The van der Waals surface area contributed by atoms with Crippen LogP contribution in [0, 0.1) is 0 Å². The molecule has 5 heteroatoms. The van der Waals surface area contributed by atoms with Crippen LogP contribution in [0.5, 0.6) is 0 Å². The molecular formula is C13H25N3O2. The summed E-state index contributed by atoms with van der Waals surface area (Å²) in [4.78, 5) is 4.31. The van der Waals surface area contributed by atoms with E-state index in [0.717, 1.165) is 38.7 Å². The summed E-state index contributed by atoms with van der Waals surface area (Å²) < 4.78 is 12.8. The predicted molar refractivity (Wildman–Crippen MR) is 72.9 cm³/mol. The lowest BCUT2D eigenvalue weighted by molar-refractivity contribution is 0.00857. The van der Waals surface area contributed by atoms with Crippen LogP contribution < -0.4 is 5.32 Å². The lowest BCUT2D eigenvalue weighted by atomic mass is 10.1. The highest BCUT2D eigenvalue weighted by atomic mass is 16.5. The fraction of sp³-hybridized carbons (Fsp3) is 0.769. The van der Waals surface area contributed by atoms with Gasteiger partial charge in [0.1, 0.15) is 0 Å². The second-order valence-electron chi connectivity index (χ2n) is 4.82. The third kappa shape index (κ3) is 5.06. The van der Waals surface area contributed by atoms with Gasteiger partial charge in [-0.15, -0.1) is 0 Å². The van der Waals surface area contributed by atoms with E-state index >= 15 is 0 Å². The van der Waals surface area contributed by atoms with Crippen molar-refractivity contribution in [3.63, 3.8) is 0 Å². The Morgan fingerprint density at radius 2 is 2.22 bits per heavy atom. The van der Waals surface area contributed by atoms with Gasteiger partial charge in [-0.2, -0.15) is 0 Å². The van der Waals surface area contributed by atoms with Crippen molar-refractivity contribution in [1.82, 2.24) is 9.55 Å². The number of nitrogens with one attached hydrogen (secondary N) is 1. The summed E-state index contributed by atoms with van der Waals surface area (Å²) in [7, 11) is 1.73. The normalized spacial score (nSPS) is 11.8. The van der Waals surface area contributed by atoms with E-state index in [9.17, 15) is 0 Å². The SMILES string of the molecule is CCOCCCNc1nccn1CC(C)(C)OC. The summed E-state index contributed by atoms with van der Waals surface area (Å²) in [5.41, 5.74) is -0.192. The van der Waals surface area contributed by atoms with E-state index < -0.39 is 0 Å². The van der Waals surface area contributed by atoms with E-state index in [1.54, 1.807) is 13.3 Å². The minimum atomic E-state index is -0.192. The van der Waals surface area contributed by atoms with Gasteiger partial charge >= 0.3 is 0 Å². The second kappa shape index (κ2) is 7.38. The van der Waals surface area contributed by atoms with Gasteiger partial charge in [-0.05, 0) is 27.2 Å². The molecule has 0 bridgehead atoms. The molecule has 104 valence electrons. The number of rotatable bonds is 9. The first-order valence-electron chi connectivity index (χ1n) is 6.47. The molecule has 0 aromatic carbocycles. The molecule has 0 spiro atoms. The molecule has 1 aromatic heterocycles. The van der Waals surface area contributed by atoms with Crippen LogP contribution in [0.25, 0.3) is 0 Å². The van der Waals surface area contributed by atoms with Crippen molar-refractivity contribution in [2.24, 2.45) is 0 Å². The van der Waals surface area contributed by atoms with Gasteiger partial charge in [0, 0.05) is 39.3 Å². The van der Waals surface area contributed by atoms with Crippen LogP contribution in [-0.2, 0) is 16.0 Å². The number of nitrogens with zero attached hydrogens (tertiary/aromatic N) is 2. The highest BCUT2D eigenvalue weighted by Crippen LogP contribution is 2.14. The summed E-state index contributed by atoms with van der Waals surface area (Å²) in [6.07, 6.45) is 4.75. The average Bonchev–Trinajstić information content (AvgIpc) is 2.76. The molecule has 0 unspecified atom stereocenters. The maximum absolute atomic E-state index is 5.43. The monoisotopic (exact) mass is 255 g/mol. The topological polar surface area (TPSA) is 48.3 Å². The first-order chi connectivity index (χ1) is 8.59. The van der Waals surface area contributed by atoms with Crippen LogP contribution in [0.1, 0.15) is 27.2 Å². The molecule has 0 aliphatic carbocycles. The smallest absolute Gasteiger partial charge is 0.202 e. The Labute approximate surface area is 109 Å². The van der Waals surface area contributed by atoms with Crippen molar-refractivity contribution >= 4 is 5.95 Å². The van der Waals surface area contributed by atoms with E-state index in [1.165, 1.54) is 0 Å². The van der Waals surface area contributed by atoms with Gasteiger partial charge in [0.25, 0.3) is 0 Å². The molecule has 0 saturated carbocycles. The molecule has 0 fully saturated rings. The van der Waals surface area contributed by atoms with Gasteiger partial charge < -0.3 is 19.4 Å².